The molecule has 0 N–H and O–H groups in total. The van der Waals surface area contributed by atoms with Crippen LogP contribution in [0.1, 0.15) is 12.0 Å². The Labute approximate surface area is 182 Å². The molecule has 5 rings (SSSR count). The Morgan fingerprint density at radius 2 is 2.06 bits per heavy atom. The van der Waals surface area contributed by atoms with Crippen molar-refractivity contribution in [1.82, 2.24) is 9.97 Å². The second kappa shape index (κ2) is 7.39. The molecular formula is C22H17F2N5OS. The summed E-state index contributed by atoms with van der Waals surface area (Å²) in [5, 5.41) is 9.60. The summed E-state index contributed by atoms with van der Waals surface area (Å²) in [6.07, 6.45) is 4.56. The number of fused-ring (bicyclic) bond motifs is 1. The van der Waals surface area contributed by atoms with Crippen LogP contribution in [-0.4, -0.2) is 29.5 Å². The van der Waals surface area contributed by atoms with Gasteiger partial charge < -0.3 is 4.74 Å². The van der Waals surface area contributed by atoms with Gasteiger partial charge in [-0.05, 0) is 35.9 Å². The van der Waals surface area contributed by atoms with Crippen molar-refractivity contribution in [2.24, 2.45) is 5.92 Å². The van der Waals surface area contributed by atoms with Gasteiger partial charge in [0.2, 0.25) is 5.88 Å². The van der Waals surface area contributed by atoms with E-state index in [-0.39, 0.29) is 6.42 Å². The van der Waals surface area contributed by atoms with Crippen molar-refractivity contribution in [2.75, 3.05) is 22.2 Å². The van der Waals surface area contributed by atoms with E-state index in [2.05, 4.69) is 16.0 Å². The van der Waals surface area contributed by atoms with Crippen LogP contribution in [0.25, 0.3) is 11.1 Å². The minimum Gasteiger partial charge on any atom is -0.437 e. The molecule has 0 amide bonds. The van der Waals surface area contributed by atoms with Crippen molar-refractivity contribution in [3.8, 4) is 28.8 Å². The smallest absolute Gasteiger partial charge is 0.253 e. The molecule has 1 aliphatic carbocycles. The number of anilines is 2. The fourth-order valence-corrected chi connectivity index (χ4v) is 4.59. The molecule has 1 unspecified atom stereocenters. The lowest BCUT2D eigenvalue weighted by Crippen LogP contribution is -2.18. The first-order valence-electron chi connectivity index (χ1n) is 9.64. The van der Waals surface area contributed by atoms with Crippen LogP contribution in [0.5, 0.6) is 11.6 Å². The number of hydrogen-bond acceptors (Lipinski definition) is 7. The highest BCUT2D eigenvalue weighted by Gasteiger charge is 2.57. The Kier molecular flexibility index (Phi) is 4.67. The van der Waals surface area contributed by atoms with Gasteiger partial charge in [-0.15, -0.1) is 0 Å². The van der Waals surface area contributed by atoms with Crippen LogP contribution < -0.4 is 13.3 Å². The summed E-state index contributed by atoms with van der Waals surface area (Å²) in [5.41, 5.74) is 3.87. The second-order valence-electron chi connectivity index (χ2n) is 7.47. The van der Waals surface area contributed by atoms with E-state index in [4.69, 9.17) is 4.74 Å². The van der Waals surface area contributed by atoms with Gasteiger partial charge in [0.25, 0.3) is 5.92 Å². The zero-order valence-corrected chi connectivity index (χ0v) is 17.3. The molecule has 31 heavy (non-hydrogen) atoms. The summed E-state index contributed by atoms with van der Waals surface area (Å²) >= 11 is 1.41. The van der Waals surface area contributed by atoms with Gasteiger partial charge in [0.15, 0.2) is 0 Å². The third kappa shape index (κ3) is 3.75. The van der Waals surface area contributed by atoms with Gasteiger partial charge in [0.1, 0.15) is 5.75 Å². The Hall–Kier alpha value is -3.38. The quantitative estimate of drug-likeness (QED) is 0.503. The van der Waals surface area contributed by atoms with Gasteiger partial charge in [-0.1, -0.05) is 6.07 Å². The van der Waals surface area contributed by atoms with Crippen LogP contribution in [0.4, 0.5) is 20.2 Å². The maximum Gasteiger partial charge on any atom is 0.253 e. The largest absolute Gasteiger partial charge is 0.437 e. The number of ether oxygens (including phenoxy) is 1. The topological polar surface area (TPSA) is 65.3 Å². The molecule has 1 aromatic heterocycles. The number of halogens is 2. The number of alkyl halides is 2. The maximum absolute atomic E-state index is 13.4. The highest BCUT2D eigenvalue weighted by atomic mass is 32.2. The van der Waals surface area contributed by atoms with E-state index in [0.717, 1.165) is 22.5 Å². The van der Waals surface area contributed by atoms with Crippen molar-refractivity contribution in [1.29, 1.82) is 5.26 Å². The van der Waals surface area contributed by atoms with Gasteiger partial charge in [0, 0.05) is 43.9 Å². The maximum atomic E-state index is 13.4. The van der Waals surface area contributed by atoms with Crippen molar-refractivity contribution in [3.05, 3.63) is 60.6 Å². The standard InChI is InChI=1S/C22H17F2N5OS/c1-28-20-8-14(3-5-19(20)29(31-28)13-16-10-22(16,23)24)18-9-17(4-2-15(18)11-25)30-21-12-26-6-7-27-21/h2-9,12,16H,10,13H2,1H3. The molecule has 1 saturated carbocycles. The monoisotopic (exact) mass is 437 g/mol. The van der Waals surface area contributed by atoms with E-state index >= 15 is 0 Å². The van der Waals surface area contributed by atoms with E-state index in [1.54, 1.807) is 24.4 Å². The van der Waals surface area contributed by atoms with Gasteiger partial charge in [-0.25, -0.2) is 13.8 Å². The number of nitrogens with zero attached hydrogens (tertiary/aromatic N) is 5. The lowest BCUT2D eigenvalue weighted by Gasteiger charge is -2.16. The first-order valence-corrected chi connectivity index (χ1v) is 10.4. The van der Waals surface area contributed by atoms with Crippen LogP contribution in [0.15, 0.2) is 55.0 Å². The van der Waals surface area contributed by atoms with Crippen molar-refractivity contribution in [3.63, 3.8) is 0 Å². The summed E-state index contributed by atoms with van der Waals surface area (Å²) in [6.45, 7) is 0.305. The van der Waals surface area contributed by atoms with E-state index in [1.165, 1.54) is 24.5 Å². The predicted molar refractivity (Wildman–Crippen MR) is 115 cm³/mol. The zero-order valence-electron chi connectivity index (χ0n) is 16.5. The number of rotatable bonds is 5. The molecule has 0 saturated heterocycles. The molecule has 1 aliphatic heterocycles. The minimum absolute atomic E-state index is 0.0503. The molecular weight excluding hydrogens is 420 g/mol. The number of aromatic nitrogens is 2. The first kappa shape index (κ1) is 19.6. The third-order valence-electron chi connectivity index (χ3n) is 5.33. The first-order chi connectivity index (χ1) is 14.9. The van der Waals surface area contributed by atoms with E-state index < -0.39 is 11.8 Å². The molecule has 2 heterocycles. The lowest BCUT2D eigenvalue weighted by molar-refractivity contribution is 0.101. The molecule has 0 spiro atoms. The van der Waals surface area contributed by atoms with Crippen LogP contribution in [0.3, 0.4) is 0 Å². The van der Waals surface area contributed by atoms with E-state index in [1.807, 2.05) is 33.9 Å². The molecule has 2 aliphatic rings. The van der Waals surface area contributed by atoms with Crippen molar-refractivity contribution < 1.29 is 13.5 Å². The summed E-state index contributed by atoms with van der Waals surface area (Å²) in [6, 6.07) is 13.2. The number of nitriles is 1. The summed E-state index contributed by atoms with van der Waals surface area (Å²) in [5.74, 6) is -2.25. The molecule has 0 bridgehead atoms. The van der Waals surface area contributed by atoms with Crippen molar-refractivity contribution in [2.45, 2.75) is 12.3 Å². The third-order valence-corrected chi connectivity index (χ3v) is 6.32. The van der Waals surface area contributed by atoms with Gasteiger partial charge >= 0.3 is 0 Å². The average molecular weight is 437 g/mol. The fourth-order valence-electron chi connectivity index (χ4n) is 3.57. The van der Waals surface area contributed by atoms with Gasteiger partial charge in [-0.3, -0.25) is 13.6 Å². The molecule has 156 valence electrons. The number of hydrogen-bond donors (Lipinski definition) is 0. The Morgan fingerprint density at radius 3 is 2.77 bits per heavy atom. The molecule has 3 aromatic rings. The number of benzene rings is 2. The van der Waals surface area contributed by atoms with Crippen LogP contribution >= 0.6 is 12.1 Å². The minimum atomic E-state index is -2.55. The molecule has 1 fully saturated rings. The Bertz CT molecular complexity index is 1180. The van der Waals surface area contributed by atoms with Crippen LogP contribution in [0.2, 0.25) is 0 Å². The molecule has 0 radical (unpaired) electrons. The fraction of sp³-hybridized carbons (Fsp3) is 0.227. The SMILES string of the molecule is CN1SN(CC2CC2(F)F)c2ccc(-c3cc(Oc4cnccn4)ccc3C#N)cc21. The van der Waals surface area contributed by atoms with E-state index in [9.17, 15) is 14.0 Å². The van der Waals surface area contributed by atoms with Crippen LogP contribution in [0, 0.1) is 17.2 Å². The second-order valence-corrected chi connectivity index (χ2v) is 8.62. The molecule has 6 nitrogen and oxygen atoms in total. The average Bonchev–Trinajstić information content (AvgIpc) is 3.25. The molecule has 9 heteroatoms. The normalized spacial score (nSPS) is 18.5. The Morgan fingerprint density at radius 1 is 1.23 bits per heavy atom. The predicted octanol–water partition coefficient (Wildman–Crippen LogP) is 5.28. The van der Waals surface area contributed by atoms with Gasteiger partial charge in [0.05, 0.1) is 41.3 Å². The van der Waals surface area contributed by atoms with Crippen LogP contribution in [-0.2, 0) is 0 Å². The summed E-state index contributed by atoms with van der Waals surface area (Å²) in [7, 11) is 1.90. The van der Waals surface area contributed by atoms with E-state index in [0.29, 0.717) is 23.7 Å². The van der Waals surface area contributed by atoms with Crippen molar-refractivity contribution >= 4 is 23.5 Å². The highest BCUT2D eigenvalue weighted by molar-refractivity contribution is 8.02. The lowest BCUT2D eigenvalue weighted by atomic mass is 9.99. The van der Waals surface area contributed by atoms with Gasteiger partial charge in [-0.2, -0.15) is 5.26 Å². The molecule has 2 aromatic carbocycles. The Balaban J connectivity index is 1.46. The summed E-state index contributed by atoms with van der Waals surface area (Å²) in [4.78, 5) is 8.09. The molecule has 1 atom stereocenters. The summed E-state index contributed by atoms with van der Waals surface area (Å²) < 4.78 is 36.4. The highest BCUT2D eigenvalue weighted by Crippen LogP contribution is 2.53. The zero-order chi connectivity index (χ0) is 21.6.